The van der Waals surface area contributed by atoms with Crippen molar-refractivity contribution in [1.29, 1.82) is 0 Å². The third-order valence-electron chi connectivity index (χ3n) is 3.18. The van der Waals surface area contributed by atoms with Gasteiger partial charge in [0.15, 0.2) is 5.69 Å². The van der Waals surface area contributed by atoms with Gasteiger partial charge in [0.2, 0.25) is 0 Å². The van der Waals surface area contributed by atoms with Crippen LogP contribution in [-0.2, 0) is 12.7 Å². The number of hydrogen-bond donors (Lipinski definition) is 0. The van der Waals surface area contributed by atoms with E-state index in [2.05, 4.69) is 5.10 Å². The second-order valence-electron chi connectivity index (χ2n) is 5.01. The summed E-state index contributed by atoms with van der Waals surface area (Å²) in [5.41, 5.74) is 0.342. The molecule has 0 spiro atoms. The van der Waals surface area contributed by atoms with Gasteiger partial charge in [-0.2, -0.15) is 18.3 Å². The third-order valence-corrected chi connectivity index (χ3v) is 3.18. The first-order valence-corrected chi connectivity index (χ1v) is 6.71. The summed E-state index contributed by atoms with van der Waals surface area (Å²) in [6.07, 6.45) is -4.49. The van der Waals surface area contributed by atoms with E-state index in [-0.39, 0.29) is 5.91 Å². The Morgan fingerprint density at radius 2 is 1.95 bits per heavy atom. The highest BCUT2D eigenvalue weighted by atomic mass is 19.4. The molecule has 0 aliphatic carbocycles. The lowest BCUT2D eigenvalue weighted by Crippen LogP contribution is -2.21. The van der Waals surface area contributed by atoms with Gasteiger partial charge in [0.25, 0.3) is 5.91 Å². The van der Waals surface area contributed by atoms with Crippen molar-refractivity contribution >= 4 is 5.91 Å². The number of aryl methyl sites for hydroxylation is 1. The molecular weight excluding hydrogens is 295 g/mol. The topological polar surface area (TPSA) is 38.1 Å². The van der Waals surface area contributed by atoms with Crippen molar-refractivity contribution in [1.82, 2.24) is 14.7 Å². The van der Waals surface area contributed by atoms with Gasteiger partial charge in [-0.05, 0) is 25.1 Å². The Morgan fingerprint density at radius 1 is 1.27 bits per heavy atom. The van der Waals surface area contributed by atoms with Crippen LogP contribution in [0.2, 0.25) is 0 Å². The molecule has 1 amide bonds. The predicted octanol–water partition coefficient (Wildman–Crippen LogP) is 3.29. The molecule has 0 aliphatic heterocycles. The van der Waals surface area contributed by atoms with Gasteiger partial charge in [-0.3, -0.25) is 9.48 Å². The van der Waals surface area contributed by atoms with Gasteiger partial charge in [-0.25, -0.2) is 0 Å². The largest absolute Gasteiger partial charge is 0.435 e. The lowest BCUT2D eigenvalue weighted by atomic mass is 10.1. The number of alkyl halides is 3. The van der Waals surface area contributed by atoms with Crippen LogP contribution in [0, 0.1) is 0 Å². The molecule has 22 heavy (non-hydrogen) atoms. The Morgan fingerprint density at radius 3 is 2.50 bits per heavy atom. The zero-order chi connectivity index (χ0) is 16.5. The lowest BCUT2D eigenvalue weighted by Gasteiger charge is -2.11. The van der Waals surface area contributed by atoms with Crippen molar-refractivity contribution in [2.75, 3.05) is 14.1 Å². The number of benzene rings is 1. The molecule has 2 aromatic rings. The van der Waals surface area contributed by atoms with E-state index in [1.165, 1.54) is 9.58 Å². The summed E-state index contributed by atoms with van der Waals surface area (Å²) < 4.78 is 39.7. The lowest BCUT2D eigenvalue weighted by molar-refractivity contribution is -0.141. The van der Waals surface area contributed by atoms with E-state index in [1.54, 1.807) is 45.3 Å². The summed E-state index contributed by atoms with van der Waals surface area (Å²) in [5, 5.41) is 3.58. The monoisotopic (exact) mass is 311 g/mol. The van der Waals surface area contributed by atoms with Crippen molar-refractivity contribution in [3.8, 4) is 11.3 Å². The summed E-state index contributed by atoms with van der Waals surface area (Å²) in [6.45, 7) is 2.02. The fourth-order valence-corrected chi connectivity index (χ4v) is 2.10. The highest BCUT2D eigenvalue weighted by Gasteiger charge is 2.35. The van der Waals surface area contributed by atoms with Crippen molar-refractivity contribution in [2.24, 2.45) is 0 Å². The number of hydrogen-bond acceptors (Lipinski definition) is 2. The van der Waals surface area contributed by atoms with Crippen molar-refractivity contribution in [2.45, 2.75) is 19.6 Å². The van der Waals surface area contributed by atoms with Crippen LogP contribution in [-0.4, -0.2) is 34.7 Å². The molecule has 0 aliphatic rings. The van der Waals surface area contributed by atoms with E-state index in [4.69, 9.17) is 0 Å². The molecule has 118 valence electrons. The van der Waals surface area contributed by atoms with Crippen LogP contribution >= 0.6 is 0 Å². The van der Waals surface area contributed by atoms with Gasteiger partial charge < -0.3 is 4.90 Å². The molecule has 7 heteroatoms. The Kier molecular flexibility index (Phi) is 4.25. The smallest absolute Gasteiger partial charge is 0.345 e. The molecule has 0 saturated carbocycles. The average Bonchev–Trinajstić information content (AvgIpc) is 2.90. The van der Waals surface area contributed by atoms with E-state index < -0.39 is 11.9 Å². The second-order valence-corrected chi connectivity index (χ2v) is 5.01. The molecule has 0 fully saturated rings. The van der Waals surface area contributed by atoms with Crippen molar-refractivity contribution < 1.29 is 18.0 Å². The molecule has 0 bridgehead atoms. The van der Waals surface area contributed by atoms with Gasteiger partial charge in [-0.15, -0.1) is 0 Å². The molecule has 2 rings (SSSR count). The normalized spacial score (nSPS) is 11.5. The van der Waals surface area contributed by atoms with Gasteiger partial charge in [0.05, 0.1) is 5.69 Å². The van der Waals surface area contributed by atoms with Crippen LogP contribution in [0.25, 0.3) is 11.3 Å². The fourth-order valence-electron chi connectivity index (χ4n) is 2.10. The summed E-state index contributed by atoms with van der Waals surface area (Å²) >= 11 is 0. The zero-order valence-electron chi connectivity index (χ0n) is 12.5. The van der Waals surface area contributed by atoms with Crippen molar-refractivity contribution in [3.05, 3.63) is 41.6 Å². The van der Waals surface area contributed by atoms with E-state index in [9.17, 15) is 18.0 Å². The maximum atomic E-state index is 12.8. The Hall–Kier alpha value is -2.31. The highest BCUT2D eigenvalue weighted by Crippen LogP contribution is 2.32. The number of nitrogens with zero attached hydrogens (tertiary/aromatic N) is 3. The predicted molar refractivity (Wildman–Crippen MR) is 76.4 cm³/mol. The van der Waals surface area contributed by atoms with Crippen molar-refractivity contribution in [3.63, 3.8) is 0 Å². The van der Waals surface area contributed by atoms with Crippen LogP contribution < -0.4 is 0 Å². The molecular formula is C15H16F3N3O. The van der Waals surface area contributed by atoms with Crippen LogP contribution in [0.3, 0.4) is 0 Å². The maximum absolute atomic E-state index is 12.8. The minimum atomic E-state index is -4.49. The standard InChI is InChI=1S/C15H16F3N3O/c1-4-21-12(9-13(19-21)15(16,17)18)10-6-5-7-11(8-10)14(22)20(2)3/h5-9H,4H2,1-3H3. The minimum absolute atomic E-state index is 0.208. The minimum Gasteiger partial charge on any atom is -0.345 e. The molecule has 1 aromatic heterocycles. The number of carbonyl (C=O) groups is 1. The van der Waals surface area contributed by atoms with Crippen LogP contribution in [0.5, 0.6) is 0 Å². The Balaban J connectivity index is 2.50. The van der Waals surface area contributed by atoms with Crippen LogP contribution in [0.15, 0.2) is 30.3 Å². The zero-order valence-corrected chi connectivity index (χ0v) is 12.5. The van der Waals surface area contributed by atoms with E-state index in [0.717, 1.165) is 6.07 Å². The second kappa shape index (κ2) is 5.82. The van der Waals surface area contributed by atoms with Crippen LogP contribution in [0.4, 0.5) is 13.2 Å². The molecule has 1 heterocycles. The number of halogens is 3. The summed E-state index contributed by atoms with van der Waals surface area (Å²) in [6, 6.07) is 7.51. The summed E-state index contributed by atoms with van der Waals surface area (Å²) in [7, 11) is 3.24. The van der Waals surface area contributed by atoms with Gasteiger partial charge >= 0.3 is 6.18 Å². The maximum Gasteiger partial charge on any atom is 0.435 e. The number of carbonyl (C=O) groups excluding carboxylic acids is 1. The fraction of sp³-hybridized carbons (Fsp3) is 0.333. The highest BCUT2D eigenvalue weighted by molar-refractivity contribution is 5.95. The van der Waals surface area contributed by atoms with Gasteiger partial charge in [-0.1, -0.05) is 12.1 Å². The molecule has 0 atom stereocenters. The quantitative estimate of drug-likeness (QED) is 0.872. The molecule has 0 saturated heterocycles. The Bertz CT molecular complexity index is 690. The number of amides is 1. The molecule has 0 N–H and O–H groups in total. The van der Waals surface area contributed by atoms with E-state index >= 15 is 0 Å². The number of rotatable bonds is 3. The molecule has 1 aromatic carbocycles. The molecule has 0 unspecified atom stereocenters. The third kappa shape index (κ3) is 3.13. The number of aromatic nitrogens is 2. The van der Waals surface area contributed by atoms with Gasteiger partial charge in [0, 0.05) is 31.8 Å². The first kappa shape index (κ1) is 16.1. The summed E-state index contributed by atoms with van der Waals surface area (Å²) in [5.74, 6) is -0.208. The molecule has 4 nitrogen and oxygen atoms in total. The van der Waals surface area contributed by atoms with E-state index in [0.29, 0.717) is 23.4 Å². The molecule has 0 radical (unpaired) electrons. The summed E-state index contributed by atoms with van der Waals surface area (Å²) in [4.78, 5) is 13.4. The van der Waals surface area contributed by atoms with E-state index in [1.807, 2.05) is 0 Å². The SMILES string of the molecule is CCn1nc(C(F)(F)F)cc1-c1cccc(C(=O)N(C)C)c1. The van der Waals surface area contributed by atoms with Gasteiger partial charge in [0.1, 0.15) is 0 Å². The first-order chi connectivity index (χ1) is 10.2. The van der Waals surface area contributed by atoms with Crippen LogP contribution in [0.1, 0.15) is 23.0 Å². The average molecular weight is 311 g/mol. The first-order valence-electron chi connectivity index (χ1n) is 6.71. The Labute approximate surface area is 126 Å².